The van der Waals surface area contributed by atoms with Crippen LogP contribution in [0.3, 0.4) is 0 Å². The van der Waals surface area contributed by atoms with E-state index in [2.05, 4.69) is 13.8 Å². The lowest BCUT2D eigenvalue weighted by Gasteiger charge is -2.23. The van der Waals surface area contributed by atoms with E-state index in [1.165, 1.54) is 0 Å². The minimum Gasteiger partial charge on any atom is -0.423 e. The number of rotatable bonds is 9. The van der Waals surface area contributed by atoms with Crippen molar-refractivity contribution < 1.29 is 17.6 Å². The van der Waals surface area contributed by atoms with Gasteiger partial charge in [0.1, 0.15) is 10.5 Å². The van der Waals surface area contributed by atoms with Crippen LogP contribution in [0.2, 0.25) is 0 Å². The van der Waals surface area contributed by atoms with E-state index >= 15 is 0 Å². The van der Waals surface area contributed by atoms with Crippen molar-refractivity contribution in [3.63, 3.8) is 0 Å². The minimum absolute atomic E-state index is 0.00458. The zero-order valence-electron chi connectivity index (χ0n) is 13.1. The molecular weight excluding hydrogens is 293 g/mol. The molecule has 1 nitrogen and oxygen atoms in total. The SMILES string of the molecule is CC(C)(CCCCCCCc1cc(F)c(F)c(F)c1)O[SiH3]. The fraction of sp³-hybridized carbons (Fsp3) is 0.625. The molecule has 1 rings (SSSR count). The quantitative estimate of drug-likeness (QED) is 0.379. The van der Waals surface area contributed by atoms with Crippen molar-refractivity contribution >= 4 is 10.5 Å². The van der Waals surface area contributed by atoms with E-state index in [1.807, 2.05) is 0 Å². The Hall–Kier alpha value is -0.813. The zero-order valence-corrected chi connectivity index (χ0v) is 15.1. The third kappa shape index (κ3) is 6.65. The topological polar surface area (TPSA) is 9.23 Å². The molecule has 21 heavy (non-hydrogen) atoms. The van der Waals surface area contributed by atoms with Crippen LogP contribution >= 0.6 is 0 Å². The number of hydrogen-bond acceptors (Lipinski definition) is 1. The minimum atomic E-state index is -1.39. The summed E-state index contributed by atoms with van der Waals surface area (Å²) in [5.74, 6) is -3.59. The summed E-state index contributed by atoms with van der Waals surface area (Å²) >= 11 is 0. The molecule has 0 bridgehead atoms. The molecule has 0 aromatic heterocycles. The summed E-state index contributed by atoms with van der Waals surface area (Å²) in [5.41, 5.74) is 0.520. The molecule has 0 saturated heterocycles. The maximum atomic E-state index is 13.0. The summed E-state index contributed by atoms with van der Waals surface area (Å²) in [6.07, 6.45) is 6.90. The van der Waals surface area contributed by atoms with Crippen LogP contribution in [0.15, 0.2) is 12.1 Å². The smallest absolute Gasteiger partial charge is 0.194 e. The molecule has 0 N–H and O–H groups in total. The molecule has 120 valence electrons. The first kappa shape index (κ1) is 18.2. The van der Waals surface area contributed by atoms with Gasteiger partial charge in [0, 0.05) is 5.60 Å². The van der Waals surface area contributed by atoms with Gasteiger partial charge in [0.15, 0.2) is 17.5 Å². The molecule has 0 heterocycles. The van der Waals surface area contributed by atoms with E-state index in [1.54, 1.807) is 0 Å². The summed E-state index contributed by atoms with van der Waals surface area (Å²) in [5, 5.41) is 0. The van der Waals surface area contributed by atoms with E-state index in [0.29, 0.717) is 12.0 Å². The summed E-state index contributed by atoms with van der Waals surface area (Å²) < 4.78 is 44.4. The zero-order chi connectivity index (χ0) is 15.9. The van der Waals surface area contributed by atoms with Crippen LogP contribution in [0.5, 0.6) is 0 Å². The highest BCUT2D eigenvalue weighted by molar-refractivity contribution is 5.98. The number of aryl methyl sites for hydroxylation is 1. The molecule has 0 aliphatic carbocycles. The lowest BCUT2D eigenvalue weighted by Crippen LogP contribution is -2.22. The molecule has 0 atom stereocenters. The van der Waals surface area contributed by atoms with Gasteiger partial charge in [0.2, 0.25) is 0 Å². The first-order valence-electron chi connectivity index (χ1n) is 7.54. The Labute approximate surface area is 128 Å². The van der Waals surface area contributed by atoms with E-state index in [-0.39, 0.29) is 5.60 Å². The number of hydrogen-bond donors (Lipinski definition) is 0. The van der Waals surface area contributed by atoms with Gasteiger partial charge in [-0.05, 0) is 50.8 Å². The predicted octanol–water partition coefficient (Wildman–Crippen LogP) is 4.06. The molecule has 0 aliphatic rings. The van der Waals surface area contributed by atoms with Crippen molar-refractivity contribution in [3.8, 4) is 0 Å². The van der Waals surface area contributed by atoms with Crippen LogP contribution in [-0.4, -0.2) is 16.1 Å². The van der Waals surface area contributed by atoms with Crippen molar-refractivity contribution in [1.82, 2.24) is 0 Å². The van der Waals surface area contributed by atoms with Gasteiger partial charge in [-0.25, -0.2) is 13.2 Å². The second-order valence-electron chi connectivity index (χ2n) is 6.11. The highest BCUT2D eigenvalue weighted by Crippen LogP contribution is 2.19. The van der Waals surface area contributed by atoms with Crippen molar-refractivity contribution in [3.05, 3.63) is 35.1 Å². The Kier molecular flexibility index (Phi) is 7.46. The largest absolute Gasteiger partial charge is 0.423 e. The standard InChI is InChI=1S/C16H25F3OSi/c1-16(2,20-21)9-7-5-3-4-6-8-12-10-13(17)15(19)14(18)11-12/h10-11H,3-9H2,1-2,21H3. The fourth-order valence-corrected chi connectivity index (χ4v) is 2.47. The van der Waals surface area contributed by atoms with Gasteiger partial charge in [0.25, 0.3) is 0 Å². The monoisotopic (exact) mass is 318 g/mol. The van der Waals surface area contributed by atoms with Gasteiger partial charge in [-0.2, -0.15) is 0 Å². The molecule has 1 aromatic carbocycles. The molecule has 0 amide bonds. The molecule has 0 fully saturated rings. The maximum absolute atomic E-state index is 13.0. The number of benzene rings is 1. The highest BCUT2D eigenvalue weighted by atomic mass is 28.2. The number of unbranched alkanes of at least 4 members (excludes halogenated alkanes) is 4. The Morgan fingerprint density at radius 1 is 0.952 bits per heavy atom. The van der Waals surface area contributed by atoms with Crippen molar-refractivity contribution in [2.45, 2.75) is 64.4 Å². The molecule has 0 unspecified atom stereocenters. The maximum Gasteiger partial charge on any atom is 0.194 e. The Morgan fingerprint density at radius 3 is 2.05 bits per heavy atom. The second-order valence-corrected chi connectivity index (χ2v) is 6.51. The molecule has 0 aliphatic heterocycles. The Balaban J connectivity index is 2.18. The molecule has 1 aromatic rings. The van der Waals surface area contributed by atoms with Crippen LogP contribution in [0.25, 0.3) is 0 Å². The van der Waals surface area contributed by atoms with E-state index in [4.69, 9.17) is 4.43 Å². The first-order valence-corrected chi connectivity index (χ1v) is 8.36. The Morgan fingerprint density at radius 2 is 1.48 bits per heavy atom. The van der Waals surface area contributed by atoms with E-state index in [0.717, 1.165) is 61.1 Å². The van der Waals surface area contributed by atoms with Gasteiger partial charge in [-0.3, -0.25) is 0 Å². The van der Waals surface area contributed by atoms with E-state index in [9.17, 15) is 13.2 Å². The van der Waals surface area contributed by atoms with Crippen molar-refractivity contribution in [2.75, 3.05) is 0 Å². The van der Waals surface area contributed by atoms with Crippen LogP contribution in [0, 0.1) is 17.5 Å². The summed E-state index contributed by atoms with van der Waals surface area (Å²) in [6.45, 7) is 4.22. The molecule has 5 heteroatoms. The van der Waals surface area contributed by atoms with E-state index < -0.39 is 17.5 Å². The van der Waals surface area contributed by atoms with Gasteiger partial charge < -0.3 is 4.43 Å². The first-order chi connectivity index (χ1) is 9.85. The van der Waals surface area contributed by atoms with Crippen LogP contribution in [-0.2, 0) is 10.8 Å². The molecule has 0 saturated carbocycles. The third-order valence-electron chi connectivity index (χ3n) is 3.84. The lowest BCUT2D eigenvalue weighted by molar-refractivity contribution is 0.109. The summed E-state index contributed by atoms with van der Waals surface area (Å²) in [7, 11) is 0.763. The van der Waals surface area contributed by atoms with Crippen molar-refractivity contribution in [2.24, 2.45) is 0 Å². The number of halogens is 3. The van der Waals surface area contributed by atoms with Gasteiger partial charge in [-0.15, -0.1) is 0 Å². The predicted molar refractivity (Wildman–Crippen MR) is 82.8 cm³/mol. The second kappa shape index (κ2) is 8.59. The summed E-state index contributed by atoms with van der Waals surface area (Å²) in [6, 6.07) is 2.17. The third-order valence-corrected chi connectivity index (χ3v) is 4.95. The van der Waals surface area contributed by atoms with Gasteiger partial charge in [0.05, 0.1) is 0 Å². The van der Waals surface area contributed by atoms with Crippen LogP contribution < -0.4 is 0 Å². The fourth-order valence-electron chi connectivity index (χ4n) is 2.26. The molecular formula is C16H25F3OSi. The molecule has 0 spiro atoms. The van der Waals surface area contributed by atoms with Gasteiger partial charge in [-0.1, -0.05) is 25.7 Å². The summed E-state index contributed by atoms with van der Waals surface area (Å²) in [4.78, 5) is 0. The van der Waals surface area contributed by atoms with Crippen LogP contribution in [0.1, 0.15) is 57.9 Å². The molecule has 0 radical (unpaired) electrons. The van der Waals surface area contributed by atoms with Gasteiger partial charge >= 0.3 is 0 Å². The van der Waals surface area contributed by atoms with Crippen LogP contribution in [0.4, 0.5) is 13.2 Å². The Bertz CT molecular complexity index is 426. The average Bonchev–Trinajstić information content (AvgIpc) is 2.43. The highest BCUT2D eigenvalue weighted by Gasteiger charge is 2.14. The average molecular weight is 318 g/mol. The lowest BCUT2D eigenvalue weighted by atomic mass is 9.99. The van der Waals surface area contributed by atoms with Crippen molar-refractivity contribution in [1.29, 1.82) is 0 Å². The normalized spacial score (nSPS) is 12.0.